The lowest BCUT2D eigenvalue weighted by Gasteiger charge is -2.19. The van der Waals surface area contributed by atoms with Crippen LogP contribution in [0, 0.1) is 0 Å². The van der Waals surface area contributed by atoms with E-state index in [9.17, 15) is 4.79 Å². The summed E-state index contributed by atoms with van der Waals surface area (Å²) < 4.78 is 5.20. The largest absolute Gasteiger partial charge is 0.447 e. The van der Waals surface area contributed by atoms with Crippen LogP contribution in [0.3, 0.4) is 0 Å². The number of hydrogen-bond donors (Lipinski definition) is 1. The Kier molecular flexibility index (Phi) is 7.41. The summed E-state index contributed by atoms with van der Waals surface area (Å²) in [6.07, 6.45) is 8.00. The Labute approximate surface area is 176 Å². The lowest BCUT2D eigenvalue weighted by atomic mass is 9.90. The molecule has 1 heterocycles. The van der Waals surface area contributed by atoms with Gasteiger partial charge in [-0.3, -0.25) is 5.32 Å². The van der Waals surface area contributed by atoms with Crippen molar-refractivity contribution in [3.63, 3.8) is 0 Å². The number of hydrogen-bond acceptors (Lipinski definition) is 5. The SMILES string of the molecule is CC(C)OC(=O)Nc1ccc(-c2cnc(C3CCCCC3)s2)c(SC(C)C)c1. The van der Waals surface area contributed by atoms with E-state index in [1.54, 1.807) is 11.8 Å². The molecule has 0 radical (unpaired) electrons. The van der Waals surface area contributed by atoms with E-state index in [1.807, 2.05) is 43.5 Å². The molecule has 152 valence electrons. The second-order valence-electron chi connectivity index (χ2n) is 7.85. The van der Waals surface area contributed by atoms with E-state index in [0.29, 0.717) is 11.2 Å². The van der Waals surface area contributed by atoms with Crippen molar-refractivity contribution >= 4 is 34.9 Å². The second kappa shape index (κ2) is 9.79. The highest BCUT2D eigenvalue weighted by molar-refractivity contribution is 8.00. The van der Waals surface area contributed by atoms with Crippen molar-refractivity contribution < 1.29 is 9.53 Å². The van der Waals surface area contributed by atoms with Gasteiger partial charge in [0.25, 0.3) is 0 Å². The van der Waals surface area contributed by atoms with E-state index in [4.69, 9.17) is 9.72 Å². The number of carbonyl (C=O) groups is 1. The van der Waals surface area contributed by atoms with E-state index in [0.717, 1.165) is 10.6 Å². The van der Waals surface area contributed by atoms with Gasteiger partial charge in [-0.1, -0.05) is 39.2 Å². The molecule has 1 aliphatic carbocycles. The third-order valence-corrected chi connectivity index (χ3v) is 6.93. The number of nitrogens with zero attached hydrogens (tertiary/aromatic N) is 1. The van der Waals surface area contributed by atoms with Gasteiger partial charge in [0.05, 0.1) is 16.0 Å². The molecule has 0 bridgehead atoms. The van der Waals surface area contributed by atoms with Crippen LogP contribution in [0.15, 0.2) is 29.3 Å². The normalized spacial score (nSPS) is 15.2. The first-order valence-corrected chi connectivity index (χ1v) is 11.9. The molecule has 1 aliphatic rings. The Morgan fingerprint density at radius 1 is 1.21 bits per heavy atom. The highest BCUT2D eigenvalue weighted by Gasteiger charge is 2.20. The first kappa shape index (κ1) is 21.2. The highest BCUT2D eigenvalue weighted by atomic mass is 32.2. The summed E-state index contributed by atoms with van der Waals surface area (Å²) in [6, 6.07) is 6.08. The summed E-state index contributed by atoms with van der Waals surface area (Å²) in [7, 11) is 0. The van der Waals surface area contributed by atoms with Crippen LogP contribution in [0.25, 0.3) is 10.4 Å². The van der Waals surface area contributed by atoms with Crippen LogP contribution in [0.1, 0.15) is 70.7 Å². The predicted octanol–water partition coefficient (Wildman–Crippen LogP) is 7.32. The number of benzene rings is 1. The number of carbonyl (C=O) groups excluding carboxylic acids is 1. The predicted molar refractivity (Wildman–Crippen MR) is 120 cm³/mol. The van der Waals surface area contributed by atoms with Crippen LogP contribution in [0.5, 0.6) is 0 Å². The number of nitrogens with one attached hydrogen (secondary N) is 1. The minimum absolute atomic E-state index is 0.140. The molecule has 6 heteroatoms. The van der Waals surface area contributed by atoms with Crippen LogP contribution < -0.4 is 5.32 Å². The molecular weight excluding hydrogens is 388 g/mol. The van der Waals surface area contributed by atoms with E-state index in [2.05, 4.69) is 25.2 Å². The van der Waals surface area contributed by atoms with E-state index in [1.165, 1.54) is 47.6 Å². The van der Waals surface area contributed by atoms with Gasteiger partial charge in [0.2, 0.25) is 0 Å². The first-order chi connectivity index (χ1) is 13.4. The number of ether oxygens (including phenoxy) is 1. The molecule has 1 aromatic carbocycles. The molecule has 1 N–H and O–H groups in total. The van der Waals surface area contributed by atoms with Gasteiger partial charge in [-0.2, -0.15) is 0 Å². The topological polar surface area (TPSA) is 51.2 Å². The quantitative estimate of drug-likeness (QED) is 0.499. The maximum atomic E-state index is 11.9. The standard InChI is InChI=1S/C22H30N2O2S2/c1-14(2)26-22(25)24-17-10-11-18(19(12-17)27-15(3)4)20-13-23-21(28-20)16-8-6-5-7-9-16/h10-16H,5-9H2,1-4H3,(H,24,25). The smallest absolute Gasteiger partial charge is 0.411 e. The molecule has 0 spiro atoms. The van der Waals surface area contributed by atoms with Gasteiger partial charge in [0, 0.05) is 33.5 Å². The summed E-state index contributed by atoms with van der Waals surface area (Å²) in [6.45, 7) is 8.05. The molecule has 1 fully saturated rings. The molecule has 4 nitrogen and oxygen atoms in total. The maximum absolute atomic E-state index is 11.9. The van der Waals surface area contributed by atoms with Gasteiger partial charge < -0.3 is 4.74 Å². The number of amides is 1. The summed E-state index contributed by atoms with van der Waals surface area (Å²) in [4.78, 5) is 19.1. The van der Waals surface area contributed by atoms with Crippen LogP contribution in [0.4, 0.5) is 10.5 Å². The van der Waals surface area contributed by atoms with Gasteiger partial charge in [-0.05, 0) is 38.8 Å². The van der Waals surface area contributed by atoms with Crippen LogP contribution >= 0.6 is 23.1 Å². The average molecular weight is 419 g/mol. The van der Waals surface area contributed by atoms with E-state index in [-0.39, 0.29) is 6.10 Å². The minimum atomic E-state index is -0.416. The zero-order valence-corrected chi connectivity index (χ0v) is 18.8. The lowest BCUT2D eigenvalue weighted by molar-refractivity contribution is 0.130. The van der Waals surface area contributed by atoms with Gasteiger partial charge in [0.15, 0.2) is 0 Å². The molecule has 1 amide bonds. The molecular formula is C22H30N2O2S2. The molecule has 0 atom stereocenters. The third kappa shape index (κ3) is 5.74. The van der Waals surface area contributed by atoms with Gasteiger partial charge in [-0.25, -0.2) is 9.78 Å². The zero-order chi connectivity index (χ0) is 20.1. The summed E-state index contributed by atoms with van der Waals surface area (Å²) in [5, 5.41) is 4.56. The maximum Gasteiger partial charge on any atom is 0.411 e. The van der Waals surface area contributed by atoms with Crippen molar-refractivity contribution in [1.29, 1.82) is 0 Å². The van der Waals surface area contributed by atoms with Crippen LogP contribution in [-0.2, 0) is 4.74 Å². The Morgan fingerprint density at radius 2 is 1.96 bits per heavy atom. The van der Waals surface area contributed by atoms with Gasteiger partial charge in [-0.15, -0.1) is 23.1 Å². The average Bonchev–Trinajstić information content (AvgIpc) is 3.11. The molecule has 3 rings (SSSR count). The first-order valence-electron chi connectivity index (χ1n) is 10.2. The number of aromatic nitrogens is 1. The molecule has 2 aromatic rings. The lowest BCUT2D eigenvalue weighted by Crippen LogP contribution is -2.18. The van der Waals surface area contributed by atoms with E-state index < -0.39 is 6.09 Å². The Balaban J connectivity index is 1.83. The van der Waals surface area contributed by atoms with Crippen molar-refractivity contribution in [2.75, 3.05) is 5.32 Å². The zero-order valence-electron chi connectivity index (χ0n) is 17.2. The van der Waals surface area contributed by atoms with Crippen molar-refractivity contribution in [2.45, 2.75) is 82.0 Å². The number of anilines is 1. The van der Waals surface area contributed by atoms with Crippen molar-refractivity contribution in [3.8, 4) is 10.4 Å². The summed E-state index contributed by atoms with van der Waals surface area (Å²) in [5.41, 5.74) is 1.95. The molecule has 0 unspecified atom stereocenters. The Morgan fingerprint density at radius 3 is 2.64 bits per heavy atom. The Hall–Kier alpha value is -1.53. The second-order valence-corrected chi connectivity index (χ2v) is 10.5. The van der Waals surface area contributed by atoms with Crippen molar-refractivity contribution in [3.05, 3.63) is 29.4 Å². The molecule has 28 heavy (non-hydrogen) atoms. The van der Waals surface area contributed by atoms with Crippen molar-refractivity contribution in [1.82, 2.24) is 4.98 Å². The molecule has 0 saturated heterocycles. The highest BCUT2D eigenvalue weighted by Crippen LogP contribution is 2.41. The fourth-order valence-corrected chi connectivity index (χ4v) is 5.67. The number of rotatable bonds is 6. The fourth-order valence-electron chi connectivity index (χ4n) is 3.47. The number of thiazole rings is 1. The summed E-state index contributed by atoms with van der Waals surface area (Å²) in [5.74, 6) is 0.625. The Bertz CT molecular complexity index is 796. The van der Waals surface area contributed by atoms with Crippen LogP contribution in [0.2, 0.25) is 0 Å². The third-order valence-electron chi connectivity index (χ3n) is 4.68. The molecule has 1 aromatic heterocycles. The summed E-state index contributed by atoms with van der Waals surface area (Å²) >= 11 is 3.63. The van der Waals surface area contributed by atoms with Crippen LogP contribution in [-0.4, -0.2) is 22.4 Å². The van der Waals surface area contributed by atoms with E-state index >= 15 is 0 Å². The molecule has 1 saturated carbocycles. The fraction of sp³-hybridized carbons (Fsp3) is 0.545. The minimum Gasteiger partial charge on any atom is -0.447 e. The van der Waals surface area contributed by atoms with Gasteiger partial charge in [0.1, 0.15) is 0 Å². The van der Waals surface area contributed by atoms with Gasteiger partial charge >= 0.3 is 6.09 Å². The monoisotopic (exact) mass is 418 g/mol. The molecule has 0 aliphatic heterocycles. The van der Waals surface area contributed by atoms with Crippen molar-refractivity contribution in [2.24, 2.45) is 0 Å². The number of thioether (sulfide) groups is 1.